The third-order valence-corrected chi connectivity index (χ3v) is 2.77. The third-order valence-electron chi connectivity index (χ3n) is 2.17. The van der Waals surface area contributed by atoms with Gasteiger partial charge in [-0.25, -0.2) is 0 Å². The van der Waals surface area contributed by atoms with Crippen LogP contribution in [0.5, 0.6) is 0 Å². The van der Waals surface area contributed by atoms with Gasteiger partial charge >= 0.3 is 5.97 Å². The molecule has 0 aliphatic heterocycles. The van der Waals surface area contributed by atoms with Gasteiger partial charge in [0, 0.05) is 16.8 Å². The first-order valence-corrected chi connectivity index (χ1v) is 6.41. The molecule has 0 saturated heterocycles. The monoisotopic (exact) mass is 302 g/mol. The largest absolute Gasteiger partial charge is 0.480 e. The molecule has 1 rings (SSSR count). The number of benzene rings is 1. The number of nitrogens with zero attached hydrogens (tertiary/aromatic N) is 2. The summed E-state index contributed by atoms with van der Waals surface area (Å²) in [4.78, 5) is 22.6. The molecule has 0 aromatic heterocycles. The average molecular weight is 302 g/mol. The fourth-order valence-corrected chi connectivity index (χ4v) is 1.60. The van der Waals surface area contributed by atoms with Crippen molar-refractivity contribution >= 4 is 29.3 Å². The number of rotatable bonds is 6. The molecule has 0 unspecified atom stereocenters. The lowest BCUT2D eigenvalue weighted by molar-refractivity contribution is -0.137. The number of anilines is 1. The Morgan fingerprint density at radius 1 is 1.29 bits per heavy atom. The Morgan fingerprint density at radius 3 is 2.48 bits per heavy atom. The number of hydrogen-bond acceptors (Lipinski definition) is 6. The van der Waals surface area contributed by atoms with E-state index in [0.717, 1.165) is 16.7 Å². The normalized spacial score (nSPS) is 10.1. The first-order valence-electron chi connectivity index (χ1n) is 5.59. The first-order chi connectivity index (χ1) is 10.1. The van der Waals surface area contributed by atoms with Gasteiger partial charge in [0.25, 0.3) is 5.91 Å². The van der Waals surface area contributed by atoms with Crippen molar-refractivity contribution in [3.63, 3.8) is 0 Å². The molecule has 21 heavy (non-hydrogen) atoms. The number of hydrogen-bond donors (Lipinski definition) is 3. The van der Waals surface area contributed by atoms with Crippen molar-refractivity contribution in [3.8, 4) is 11.5 Å². The number of nitriles is 2. The van der Waals surface area contributed by atoms with Crippen LogP contribution >= 0.6 is 11.8 Å². The summed E-state index contributed by atoms with van der Waals surface area (Å²) in [5, 5.41) is 32.6. The Kier molecular flexibility index (Phi) is 6.32. The predicted octanol–water partition coefficient (Wildman–Crippen LogP) is 1.28. The van der Waals surface area contributed by atoms with Crippen LogP contribution in [0.4, 0.5) is 5.69 Å². The molecule has 0 radical (unpaired) electrons. The van der Waals surface area contributed by atoms with Crippen molar-refractivity contribution in [2.24, 2.45) is 0 Å². The quantitative estimate of drug-likeness (QED) is 0.313. The molecule has 1 aromatic carbocycles. The van der Waals surface area contributed by atoms with Gasteiger partial charge in [-0.2, -0.15) is 10.5 Å². The fraction of sp³-hybridized carbons (Fsp3) is 0.0769. The number of thiocyanates is 1. The lowest BCUT2D eigenvalue weighted by Crippen LogP contribution is -2.30. The van der Waals surface area contributed by atoms with Crippen LogP contribution in [-0.2, 0) is 9.59 Å². The molecule has 0 aliphatic carbocycles. The second kappa shape index (κ2) is 8.25. The van der Waals surface area contributed by atoms with Gasteiger partial charge in [-0.15, -0.1) is 0 Å². The minimum atomic E-state index is -1.20. The zero-order valence-corrected chi connectivity index (χ0v) is 11.5. The van der Waals surface area contributed by atoms with Gasteiger partial charge in [-0.05, 0) is 36.0 Å². The Balaban J connectivity index is 2.68. The van der Waals surface area contributed by atoms with Crippen molar-refractivity contribution in [3.05, 3.63) is 36.0 Å². The van der Waals surface area contributed by atoms with Crippen LogP contribution < -0.4 is 10.6 Å². The van der Waals surface area contributed by atoms with E-state index in [0.29, 0.717) is 5.69 Å². The van der Waals surface area contributed by atoms with Gasteiger partial charge in [0.15, 0.2) is 0 Å². The zero-order valence-electron chi connectivity index (χ0n) is 10.7. The maximum atomic E-state index is 11.5. The summed E-state index contributed by atoms with van der Waals surface area (Å²) in [6.45, 7) is -0.558. The zero-order chi connectivity index (χ0) is 15.7. The summed E-state index contributed by atoms with van der Waals surface area (Å²) in [7, 11) is 0. The van der Waals surface area contributed by atoms with E-state index in [1.165, 1.54) is 6.20 Å². The van der Waals surface area contributed by atoms with Gasteiger partial charge in [0.05, 0.1) is 0 Å². The molecule has 0 spiro atoms. The van der Waals surface area contributed by atoms with Crippen LogP contribution in [0.15, 0.2) is 40.9 Å². The van der Waals surface area contributed by atoms with Crippen molar-refractivity contribution < 1.29 is 14.7 Å². The van der Waals surface area contributed by atoms with Gasteiger partial charge < -0.3 is 15.7 Å². The summed E-state index contributed by atoms with van der Waals surface area (Å²) in [5.41, 5.74) is 0.378. The first kappa shape index (κ1) is 16.1. The van der Waals surface area contributed by atoms with E-state index in [9.17, 15) is 9.59 Å². The average Bonchev–Trinajstić information content (AvgIpc) is 2.47. The van der Waals surface area contributed by atoms with Crippen molar-refractivity contribution in [1.29, 1.82) is 10.5 Å². The topological polar surface area (TPSA) is 126 Å². The molecule has 0 aliphatic rings. The van der Waals surface area contributed by atoms with E-state index in [-0.39, 0.29) is 5.57 Å². The predicted molar refractivity (Wildman–Crippen MR) is 75.9 cm³/mol. The molecule has 0 fully saturated rings. The van der Waals surface area contributed by atoms with E-state index < -0.39 is 18.4 Å². The molecule has 0 bridgehead atoms. The molecule has 8 heteroatoms. The molecule has 0 saturated carbocycles. The smallest absolute Gasteiger partial charge is 0.322 e. The van der Waals surface area contributed by atoms with Crippen LogP contribution in [0.3, 0.4) is 0 Å². The molecule has 3 N–H and O–H groups in total. The summed E-state index contributed by atoms with van der Waals surface area (Å²) in [5.74, 6) is -1.97. The van der Waals surface area contributed by atoms with Gasteiger partial charge in [0.2, 0.25) is 0 Å². The number of carbonyl (C=O) groups is 2. The molecule has 106 valence electrons. The lowest BCUT2D eigenvalue weighted by atomic mass is 10.3. The molecule has 0 heterocycles. The van der Waals surface area contributed by atoms with Crippen LogP contribution in [0.1, 0.15) is 0 Å². The molecule has 1 amide bonds. The Hall–Kier alpha value is -2.97. The maximum Gasteiger partial charge on any atom is 0.322 e. The van der Waals surface area contributed by atoms with Crippen LogP contribution in [0.2, 0.25) is 0 Å². The number of carboxylic acid groups (broad SMARTS) is 1. The molecular weight excluding hydrogens is 292 g/mol. The molecule has 0 atom stereocenters. The van der Waals surface area contributed by atoms with E-state index in [4.69, 9.17) is 15.6 Å². The summed E-state index contributed by atoms with van der Waals surface area (Å²) >= 11 is 1.02. The Bertz CT molecular complexity index is 641. The van der Waals surface area contributed by atoms with Crippen LogP contribution in [-0.4, -0.2) is 23.5 Å². The standard InChI is InChI=1S/C13H10N4O3S/c14-5-9(13(20)17-7-12(18)19)6-16-10-1-3-11(4-2-10)21-8-15/h1-4,6,16H,7H2,(H,17,20)(H,18,19)/b9-6-. The van der Waals surface area contributed by atoms with E-state index in [2.05, 4.69) is 10.6 Å². The van der Waals surface area contributed by atoms with Crippen molar-refractivity contribution in [2.75, 3.05) is 11.9 Å². The molecular formula is C13H10N4O3S. The van der Waals surface area contributed by atoms with E-state index >= 15 is 0 Å². The summed E-state index contributed by atoms with van der Waals surface area (Å²) in [6, 6.07) is 8.45. The maximum absolute atomic E-state index is 11.5. The number of thioether (sulfide) groups is 1. The number of nitrogens with one attached hydrogen (secondary N) is 2. The highest BCUT2D eigenvalue weighted by molar-refractivity contribution is 8.03. The Morgan fingerprint density at radius 2 is 1.95 bits per heavy atom. The highest BCUT2D eigenvalue weighted by Gasteiger charge is 2.09. The Labute approximate surface area is 124 Å². The van der Waals surface area contributed by atoms with Crippen LogP contribution in [0.25, 0.3) is 0 Å². The summed E-state index contributed by atoms with van der Waals surface area (Å²) in [6.07, 6.45) is 1.18. The number of aliphatic carboxylic acids is 1. The number of carbonyl (C=O) groups excluding carboxylic acids is 1. The fourth-order valence-electron chi connectivity index (χ4n) is 1.23. The minimum absolute atomic E-state index is 0.244. The van der Waals surface area contributed by atoms with Gasteiger partial charge in [-0.3, -0.25) is 9.59 Å². The molecule has 1 aromatic rings. The number of amides is 1. The number of carboxylic acids is 1. The second-order valence-corrected chi connectivity index (χ2v) is 4.47. The van der Waals surface area contributed by atoms with Crippen LogP contribution in [0, 0.1) is 22.0 Å². The van der Waals surface area contributed by atoms with E-state index in [1.54, 1.807) is 30.3 Å². The second-order valence-electron chi connectivity index (χ2n) is 3.61. The molecule has 7 nitrogen and oxygen atoms in total. The van der Waals surface area contributed by atoms with E-state index in [1.807, 2.05) is 5.40 Å². The third kappa shape index (κ3) is 5.68. The van der Waals surface area contributed by atoms with Gasteiger partial charge in [0.1, 0.15) is 23.6 Å². The highest BCUT2D eigenvalue weighted by Crippen LogP contribution is 2.19. The van der Waals surface area contributed by atoms with Crippen molar-refractivity contribution in [1.82, 2.24) is 5.32 Å². The SMILES string of the molecule is N#CSc1ccc(N/C=C(/C#N)C(=O)NCC(=O)O)cc1. The lowest BCUT2D eigenvalue weighted by Gasteiger charge is -2.03. The van der Waals surface area contributed by atoms with Crippen molar-refractivity contribution in [2.45, 2.75) is 4.90 Å². The summed E-state index contributed by atoms with van der Waals surface area (Å²) < 4.78 is 0. The highest BCUT2D eigenvalue weighted by atomic mass is 32.2. The van der Waals surface area contributed by atoms with Gasteiger partial charge in [-0.1, -0.05) is 0 Å². The minimum Gasteiger partial charge on any atom is -0.480 e.